The summed E-state index contributed by atoms with van der Waals surface area (Å²) in [5.74, 6) is 0.732. The van der Waals surface area contributed by atoms with Crippen LogP contribution < -0.4 is 9.46 Å². The maximum absolute atomic E-state index is 12.9. The fourth-order valence-corrected chi connectivity index (χ4v) is 5.81. The molecule has 1 aliphatic heterocycles. The molecule has 0 aliphatic carbocycles. The van der Waals surface area contributed by atoms with E-state index in [2.05, 4.69) is 15.0 Å². The number of rotatable bonds is 9. The van der Waals surface area contributed by atoms with Gasteiger partial charge < -0.3 is 14.6 Å². The van der Waals surface area contributed by atoms with E-state index in [1.165, 1.54) is 0 Å². The van der Waals surface area contributed by atoms with Crippen LogP contribution in [0.1, 0.15) is 24.8 Å². The Kier molecular flexibility index (Phi) is 7.62. The van der Waals surface area contributed by atoms with Crippen LogP contribution >= 0.6 is 0 Å². The van der Waals surface area contributed by atoms with E-state index in [4.69, 9.17) is 9.47 Å². The average molecular weight is 487 g/mol. The molecule has 182 valence electrons. The molecule has 34 heavy (non-hydrogen) atoms. The largest absolute Gasteiger partial charge is 0.496 e. The lowest BCUT2D eigenvalue weighted by molar-refractivity contribution is -0.0891. The molecule has 0 saturated carbocycles. The average Bonchev–Trinajstić information content (AvgIpc) is 3.32. The quantitative estimate of drug-likeness (QED) is 0.478. The molecule has 2 aromatic carbocycles. The molecule has 0 radical (unpaired) electrons. The first-order valence-electron chi connectivity index (χ1n) is 11.3. The van der Waals surface area contributed by atoms with Crippen LogP contribution in [0.25, 0.3) is 11.3 Å². The first kappa shape index (κ1) is 24.3. The summed E-state index contributed by atoms with van der Waals surface area (Å²) in [7, 11) is -2.09. The van der Waals surface area contributed by atoms with Crippen LogP contribution in [0.15, 0.2) is 59.6 Å². The Hall–Kier alpha value is -2.79. The van der Waals surface area contributed by atoms with Crippen molar-refractivity contribution in [2.75, 3.05) is 13.7 Å². The SMILES string of the molecule is COc1ccccc1-c1cn(CC[C@@H]2CC[C@H](NS(=O)(=O)c3ccccc3C)[C@@H](CO)O2)nn1. The minimum Gasteiger partial charge on any atom is -0.496 e. The predicted molar refractivity (Wildman–Crippen MR) is 127 cm³/mol. The van der Waals surface area contributed by atoms with Gasteiger partial charge >= 0.3 is 0 Å². The van der Waals surface area contributed by atoms with E-state index in [0.717, 1.165) is 17.0 Å². The summed E-state index contributed by atoms with van der Waals surface area (Å²) in [6.07, 6.45) is 3.05. The van der Waals surface area contributed by atoms with Crippen LogP contribution in [-0.4, -0.2) is 60.5 Å². The second kappa shape index (κ2) is 10.6. The van der Waals surface area contributed by atoms with Gasteiger partial charge in [0.2, 0.25) is 10.0 Å². The third-order valence-electron chi connectivity index (χ3n) is 6.09. The van der Waals surface area contributed by atoms with Crippen molar-refractivity contribution in [2.45, 2.75) is 55.9 Å². The molecule has 0 unspecified atom stereocenters. The van der Waals surface area contributed by atoms with E-state index in [1.807, 2.05) is 30.5 Å². The summed E-state index contributed by atoms with van der Waals surface area (Å²) in [6.45, 7) is 2.08. The minimum atomic E-state index is -3.71. The van der Waals surface area contributed by atoms with Crippen LogP contribution in [0, 0.1) is 6.92 Å². The number of aliphatic hydroxyl groups excluding tert-OH is 1. The van der Waals surface area contributed by atoms with Gasteiger partial charge in [0.15, 0.2) is 0 Å². The number of aromatic nitrogens is 3. The van der Waals surface area contributed by atoms with Crippen LogP contribution in [-0.2, 0) is 21.3 Å². The molecule has 10 heteroatoms. The number of aryl methyl sites for hydroxylation is 2. The molecule has 3 atom stereocenters. The molecule has 1 fully saturated rings. The maximum atomic E-state index is 12.9. The van der Waals surface area contributed by atoms with Gasteiger partial charge in [-0.15, -0.1) is 5.10 Å². The van der Waals surface area contributed by atoms with Gasteiger partial charge in [-0.3, -0.25) is 4.68 Å². The second-order valence-corrected chi connectivity index (χ2v) is 10.1. The Balaban J connectivity index is 1.35. The highest BCUT2D eigenvalue weighted by Gasteiger charge is 2.34. The Morgan fingerprint density at radius 1 is 1.18 bits per heavy atom. The topological polar surface area (TPSA) is 116 Å². The van der Waals surface area contributed by atoms with Gasteiger partial charge in [0.1, 0.15) is 11.4 Å². The summed E-state index contributed by atoms with van der Waals surface area (Å²) in [4.78, 5) is 0.242. The molecule has 4 rings (SSSR count). The minimum absolute atomic E-state index is 0.115. The van der Waals surface area contributed by atoms with Gasteiger partial charge in [-0.2, -0.15) is 0 Å². The monoisotopic (exact) mass is 486 g/mol. The molecule has 3 aromatic rings. The van der Waals surface area contributed by atoms with E-state index in [-0.39, 0.29) is 17.6 Å². The van der Waals surface area contributed by atoms with Crippen molar-refractivity contribution in [2.24, 2.45) is 0 Å². The molecule has 0 spiro atoms. The number of para-hydroxylation sites is 1. The third kappa shape index (κ3) is 5.47. The predicted octanol–water partition coefficient (Wildman–Crippen LogP) is 2.54. The summed E-state index contributed by atoms with van der Waals surface area (Å²) >= 11 is 0. The van der Waals surface area contributed by atoms with E-state index < -0.39 is 22.2 Å². The molecular weight excluding hydrogens is 456 g/mol. The first-order valence-corrected chi connectivity index (χ1v) is 12.8. The van der Waals surface area contributed by atoms with Crippen molar-refractivity contribution in [3.8, 4) is 17.0 Å². The number of benzene rings is 2. The Morgan fingerprint density at radius 2 is 1.94 bits per heavy atom. The highest BCUT2D eigenvalue weighted by Crippen LogP contribution is 2.28. The van der Waals surface area contributed by atoms with Crippen LogP contribution in [0.4, 0.5) is 0 Å². The van der Waals surface area contributed by atoms with Crippen molar-refractivity contribution < 1.29 is 23.0 Å². The molecule has 2 heterocycles. The van der Waals surface area contributed by atoms with Gasteiger partial charge in [0.25, 0.3) is 0 Å². The molecular formula is C24H30N4O5S. The van der Waals surface area contributed by atoms with Crippen molar-refractivity contribution in [1.82, 2.24) is 19.7 Å². The van der Waals surface area contributed by atoms with Crippen molar-refractivity contribution in [3.05, 3.63) is 60.3 Å². The number of hydrogen-bond donors (Lipinski definition) is 2. The number of nitrogens with one attached hydrogen (secondary N) is 1. The normalized spacial score (nSPS) is 20.9. The second-order valence-electron chi connectivity index (χ2n) is 8.41. The highest BCUT2D eigenvalue weighted by atomic mass is 32.2. The number of hydrogen-bond acceptors (Lipinski definition) is 7. The van der Waals surface area contributed by atoms with Crippen molar-refractivity contribution in [3.63, 3.8) is 0 Å². The first-order chi connectivity index (χ1) is 16.4. The maximum Gasteiger partial charge on any atom is 0.241 e. The van der Waals surface area contributed by atoms with E-state index in [0.29, 0.717) is 31.4 Å². The third-order valence-corrected chi connectivity index (χ3v) is 7.74. The Labute approximate surface area is 199 Å². The van der Waals surface area contributed by atoms with E-state index in [9.17, 15) is 13.5 Å². The van der Waals surface area contributed by atoms with Crippen LogP contribution in [0.3, 0.4) is 0 Å². The Morgan fingerprint density at radius 3 is 2.71 bits per heavy atom. The van der Waals surface area contributed by atoms with E-state index in [1.54, 1.807) is 43.0 Å². The zero-order valence-electron chi connectivity index (χ0n) is 19.3. The summed E-state index contributed by atoms with van der Waals surface area (Å²) in [5, 5.41) is 18.3. The molecule has 9 nitrogen and oxygen atoms in total. The lowest BCUT2D eigenvalue weighted by atomic mass is 9.98. The number of aliphatic hydroxyl groups is 1. The van der Waals surface area contributed by atoms with Crippen molar-refractivity contribution >= 4 is 10.0 Å². The molecule has 0 amide bonds. The fourth-order valence-electron chi connectivity index (χ4n) is 4.26. The van der Waals surface area contributed by atoms with Crippen molar-refractivity contribution in [1.29, 1.82) is 0 Å². The highest BCUT2D eigenvalue weighted by molar-refractivity contribution is 7.89. The van der Waals surface area contributed by atoms with Gasteiger partial charge in [-0.05, 0) is 49.9 Å². The van der Waals surface area contributed by atoms with Gasteiger partial charge in [-0.25, -0.2) is 13.1 Å². The molecule has 2 N–H and O–H groups in total. The molecule has 0 bridgehead atoms. The standard InChI is InChI=1S/C24H30N4O5S/c1-17-7-3-6-10-24(17)34(30,31)26-20-12-11-18(33-23(20)16-29)13-14-28-15-21(25-27-28)19-8-4-5-9-22(19)32-2/h3-10,15,18,20,23,26,29H,11-14,16H2,1-2H3/t18-,20-,23+/m0/s1. The smallest absolute Gasteiger partial charge is 0.241 e. The van der Waals surface area contributed by atoms with Crippen LogP contribution in [0.2, 0.25) is 0 Å². The lowest BCUT2D eigenvalue weighted by Gasteiger charge is -2.36. The number of nitrogens with zero attached hydrogens (tertiary/aromatic N) is 3. The summed E-state index contributed by atoms with van der Waals surface area (Å²) < 4.78 is 41.7. The fraction of sp³-hybridized carbons (Fsp3) is 0.417. The number of ether oxygens (including phenoxy) is 2. The van der Waals surface area contributed by atoms with Gasteiger partial charge in [-0.1, -0.05) is 35.5 Å². The molecule has 1 aliphatic rings. The van der Waals surface area contributed by atoms with Gasteiger partial charge in [0.05, 0.1) is 43.1 Å². The zero-order valence-corrected chi connectivity index (χ0v) is 20.1. The van der Waals surface area contributed by atoms with E-state index >= 15 is 0 Å². The number of sulfonamides is 1. The Bertz CT molecular complexity index is 1210. The summed E-state index contributed by atoms with van der Waals surface area (Å²) in [5.41, 5.74) is 2.26. The number of methoxy groups -OCH3 is 1. The summed E-state index contributed by atoms with van der Waals surface area (Å²) in [6, 6.07) is 14.0. The zero-order chi connectivity index (χ0) is 24.1. The van der Waals surface area contributed by atoms with Crippen LogP contribution in [0.5, 0.6) is 5.75 Å². The van der Waals surface area contributed by atoms with Gasteiger partial charge in [0, 0.05) is 12.1 Å². The lowest BCUT2D eigenvalue weighted by Crippen LogP contribution is -2.51. The molecule has 1 saturated heterocycles. The molecule has 1 aromatic heterocycles.